The van der Waals surface area contributed by atoms with Crippen molar-refractivity contribution in [3.8, 4) is 34.4 Å². The molecule has 232 valence electrons. The van der Waals surface area contributed by atoms with Crippen molar-refractivity contribution in [1.82, 2.24) is 4.57 Å². The highest BCUT2D eigenvalue weighted by Gasteiger charge is 2.29. The number of benzene rings is 2. The summed E-state index contributed by atoms with van der Waals surface area (Å²) in [5, 5.41) is 11.2. The number of hydrogen-bond acceptors (Lipinski definition) is 9. The van der Waals surface area contributed by atoms with E-state index < -0.39 is 11.9 Å². The maximum Gasteiger partial charge on any atom is 0.357 e. The molecule has 3 aromatic rings. The second kappa shape index (κ2) is 15.7. The van der Waals surface area contributed by atoms with Gasteiger partial charge in [0.25, 0.3) is 0 Å². The molecule has 0 aliphatic heterocycles. The van der Waals surface area contributed by atoms with Crippen LogP contribution in [0.2, 0.25) is 0 Å². The topological polar surface area (TPSA) is 135 Å². The van der Waals surface area contributed by atoms with Crippen molar-refractivity contribution in [2.24, 2.45) is 0 Å². The van der Waals surface area contributed by atoms with E-state index in [-0.39, 0.29) is 36.7 Å². The van der Waals surface area contributed by atoms with E-state index in [1.807, 2.05) is 6.07 Å². The Labute approximate surface area is 253 Å². The van der Waals surface area contributed by atoms with E-state index in [4.69, 9.17) is 29.4 Å². The molecule has 0 atom stereocenters. The van der Waals surface area contributed by atoms with E-state index in [0.29, 0.717) is 45.7 Å². The van der Waals surface area contributed by atoms with E-state index in [2.05, 4.69) is 13.0 Å². The molecule has 2 N–H and O–H groups in total. The number of nitrogens with two attached hydrogens (primary N) is 1. The molecule has 0 radical (unpaired) electrons. The predicted molar refractivity (Wildman–Crippen MR) is 166 cm³/mol. The lowest BCUT2D eigenvalue weighted by atomic mass is 9.89. The Morgan fingerprint density at radius 1 is 0.884 bits per heavy atom. The molecule has 0 fully saturated rings. The zero-order chi connectivity index (χ0) is 31.5. The Morgan fingerprint density at radius 2 is 1.51 bits per heavy atom. The van der Waals surface area contributed by atoms with Crippen LogP contribution in [0.5, 0.6) is 17.2 Å². The summed E-state index contributed by atoms with van der Waals surface area (Å²) in [7, 11) is 4.59. The van der Waals surface area contributed by atoms with Crippen LogP contribution in [0.15, 0.2) is 18.2 Å². The third-order valence-corrected chi connectivity index (χ3v) is 7.39. The van der Waals surface area contributed by atoms with Gasteiger partial charge in [0.2, 0.25) is 5.75 Å². The van der Waals surface area contributed by atoms with E-state index in [0.717, 1.165) is 24.8 Å². The average Bonchev–Trinajstić information content (AvgIpc) is 3.27. The van der Waals surface area contributed by atoms with E-state index in [1.54, 1.807) is 26.0 Å². The molecule has 0 saturated heterocycles. The third-order valence-electron chi connectivity index (χ3n) is 7.39. The van der Waals surface area contributed by atoms with Gasteiger partial charge in [-0.1, -0.05) is 39.0 Å². The molecule has 0 aliphatic rings. The van der Waals surface area contributed by atoms with Gasteiger partial charge in [0.15, 0.2) is 17.2 Å². The molecule has 10 heteroatoms. The number of aryl methyl sites for hydroxylation is 1. The third kappa shape index (κ3) is 7.16. The molecule has 43 heavy (non-hydrogen) atoms. The van der Waals surface area contributed by atoms with Crippen LogP contribution in [-0.4, -0.2) is 51.0 Å². The van der Waals surface area contributed by atoms with Crippen molar-refractivity contribution < 1.29 is 33.3 Å². The van der Waals surface area contributed by atoms with Crippen LogP contribution >= 0.6 is 0 Å². The van der Waals surface area contributed by atoms with Gasteiger partial charge in [-0.15, -0.1) is 0 Å². The quantitative estimate of drug-likeness (QED) is 0.147. The zero-order valence-electron chi connectivity index (χ0n) is 26.1. The second-order valence-corrected chi connectivity index (χ2v) is 10.1. The normalized spacial score (nSPS) is 10.8. The average molecular weight is 594 g/mol. The van der Waals surface area contributed by atoms with Crippen LogP contribution in [0.25, 0.3) is 22.0 Å². The molecular formula is C33H43N3O7. The molecule has 2 aromatic carbocycles. The van der Waals surface area contributed by atoms with Crippen LogP contribution in [0, 0.1) is 11.3 Å². The summed E-state index contributed by atoms with van der Waals surface area (Å²) in [5.74, 6) is 0.0286. The molecule has 10 nitrogen and oxygen atoms in total. The Bertz CT molecular complexity index is 1460. The van der Waals surface area contributed by atoms with Gasteiger partial charge >= 0.3 is 11.9 Å². The number of nitriles is 1. The predicted octanol–water partition coefficient (Wildman–Crippen LogP) is 6.43. The van der Waals surface area contributed by atoms with Gasteiger partial charge in [0, 0.05) is 10.9 Å². The number of hydrogen-bond donors (Lipinski definition) is 1. The number of nitrogens with zero attached hydrogens (tertiary/aromatic N) is 2. The molecule has 3 rings (SSSR count). The first-order chi connectivity index (χ1) is 20.8. The second-order valence-electron chi connectivity index (χ2n) is 10.1. The lowest BCUT2D eigenvalue weighted by Gasteiger charge is -2.19. The fourth-order valence-corrected chi connectivity index (χ4v) is 5.47. The number of fused-ring (bicyclic) bond motifs is 1. The smallest absolute Gasteiger partial charge is 0.357 e. The molecule has 0 spiro atoms. The van der Waals surface area contributed by atoms with Crippen molar-refractivity contribution in [2.45, 2.75) is 72.3 Å². The lowest BCUT2D eigenvalue weighted by molar-refractivity contribution is -0.143. The van der Waals surface area contributed by atoms with E-state index >= 15 is 0 Å². The molecule has 1 heterocycles. The summed E-state index contributed by atoms with van der Waals surface area (Å²) in [4.78, 5) is 25.9. The number of rotatable bonds is 16. The van der Waals surface area contributed by atoms with Gasteiger partial charge in [-0.2, -0.15) is 5.26 Å². The highest BCUT2D eigenvalue weighted by atomic mass is 16.5. The Morgan fingerprint density at radius 3 is 2.07 bits per heavy atom. The largest absolute Gasteiger partial charge is 0.493 e. The van der Waals surface area contributed by atoms with Gasteiger partial charge in [0.05, 0.1) is 51.3 Å². The Kier molecular flexibility index (Phi) is 12.1. The minimum atomic E-state index is -0.684. The number of aromatic nitrogens is 1. The first-order valence-corrected chi connectivity index (χ1v) is 14.8. The lowest BCUT2D eigenvalue weighted by Crippen LogP contribution is -2.20. The van der Waals surface area contributed by atoms with Crippen LogP contribution in [0.3, 0.4) is 0 Å². The standard InChI is InChI=1S/C33H43N3O7/c1-7-10-11-12-13-14-15-21-16-23-29(35)31(33(38)43-9-3)36(20-27(37)42-8-2)30(23)24(19-34)28(21)22-17-25(39-4)32(41-6)26(18-22)40-5/h16-18H,7-15,20,35H2,1-6H3. The SMILES string of the molecule is CCCCCCCCc1cc2c(N)c(C(=O)OCC)n(CC(=O)OCC)c2c(C#N)c1-c1cc(OC)c(OC)c(OC)c1. The number of nitrogen functional groups attached to an aromatic ring is 1. The number of unbranched alkanes of at least 4 members (excludes halogenated alkanes) is 5. The summed E-state index contributed by atoms with van der Waals surface area (Å²) in [6, 6.07) is 7.87. The molecule has 0 amide bonds. The summed E-state index contributed by atoms with van der Waals surface area (Å²) < 4.78 is 28.8. The van der Waals surface area contributed by atoms with Gasteiger partial charge in [-0.3, -0.25) is 4.79 Å². The molecule has 0 aliphatic carbocycles. The minimum absolute atomic E-state index is 0.00830. The van der Waals surface area contributed by atoms with Crippen molar-refractivity contribution in [1.29, 1.82) is 5.26 Å². The van der Waals surface area contributed by atoms with Crippen molar-refractivity contribution in [2.75, 3.05) is 40.3 Å². The summed E-state index contributed by atoms with van der Waals surface area (Å²) in [5.41, 5.74) is 9.55. The fraction of sp³-hybridized carbons (Fsp3) is 0.485. The molecular weight excluding hydrogens is 550 g/mol. The number of carbonyl (C=O) groups excluding carboxylic acids is 2. The zero-order valence-corrected chi connectivity index (χ0v) is 26.1. The fourth-order valence-electron chi connectivity index (χ4n) is 5.47. The van der Waals surface area contributed by atoms with Crippen molar-refractivity contribution >= 4 is 28.5 Å². The highest BCUT2D eigenvalue weighted by Crippen LogP contribution is 2.45. The number of esters is 2. The Hall–Kier alpha value is -4.39. The number of methoxy groups -OCH3 is 3. The maximum absolute atomic E-state index is 13.2. The molecule has 0 bridgehead atoms. The van der Waals surface area contributed by atoms with E-state index in [1.165, 1.54) is 45.2 Å². The molecule has 0 unspecified atom stereocenters. The summed E-state index contributed by atoms with van der Waals surface area (Å²) in [6.07, 6.45) is 7.24. The molecule has 1 aromatic heterocycles. The number of ether oxygens (including phenoxy) is 5. The minimum Gasteiger partial charge on any atom is -0.493 e. The van der Waals surface area contributed by atoms with Crippen LogP contribution in [0.4, 0.5) is 5.69 Å². The first-order valence-electron chi connectivity index (χ1n) is 14.8. The monoisotopic (exact) mass is 593 g/mol. The Balaban J connectivity index is 2.39. The van der Waals surface area contributed by atoms with Crippen molar-refractivity contribution in [3.05, 3.63) is 35.0 Å². The van der Waals surface area contributed by atoms with E-state index in [9.17, 15) is 14.9 Å². The number of carbonyl (C=O) groups is 2. The van der Waals surface area contributed by atoms with Gasteiger partial charge < -0.3 is 34.0 Å². The van der Waals surface area contributed by atoms with Crippen molar-refractivity contribution in [3.63, 3.8) is 0 Å². The van der Waals surface area contributed by atoms with Crippen LogP contribution in [-0.2, 0) is 27.2 Å². The van der Waals surface area contributed by atoms with Gasteiger partial charge in [0.1, 0.15) is 12.6 Å². The van der Waals surface area contributed by atoms with Crippen LogP contribution < -0.4 is 19.9 Å². The molecule has 0 saturated carbocycles. The first kappa shape index (κ1) is 33.1. The number of anilines is 1. The van der Waals surface area contributed by atoms with Crippen LogP contribution in [0.1, 0.15) is 80.9 Å². The highest BCUT2D eigenvalue weighted by molar-refractivity contribution is 6.10. The summed E-state index contributed by atoms with van der Waals surface area (Å²) >= 11 is 0. The maximum atomic E-state index is 13.2. The van der Waals surface area contributed by atoms with Gasteiger partial charge in [-0.25, -0.2) is 4.79 Å². The van der Waals surface area contributed by atoms with Gasteiger partial charge in [-0.05, 0) is 56.0 Å². The summed E-state index contributed by atoms with van der Waals surface area (Å²) in [6.45, 7) is 5.52.